The number of fused-ring (bicyclic) bond motifs is 4. The molecular formula is C30H36Cl2N5O3Zn-3. The van der Waals surface area contributed by atoms with Gasteiger partial charge in [-0.25, -0.2) is 4.98 Å². The van der Waals surface area contributed by atoms with Crippen LogP contribution >= 0.6 is 0 Å². The predicted octanol–water partition coefficient (Wildman–Crippen LogP) is 0.432. The van der Waals surface area contributed by atoms with Gasteiger partial charge in [0.2, 0.25) is 5.91 Å². The summed E-state index contributed by atoms with van der Waals surface area (Å²) >= 11 is 0. The zero-order chi connectivity index (χ0) is 26.0. The largest absolute Gasteiger partial charge is 2.00 e. The molecule has 8 nitrogen and oxygen atoms in total. The summed E-state index contributed by atoms with van der Waals surface area (Å²) in [4.78, 5) is 19.6. The maximum absolute atomic E-state index is 12.8. The summed E-state index contributed by atoms with van der Waals surface area (Å²) in [7, 11) is 0. The summed E-state index contributed by atoms with van der Waals surface area (Å²) in [5.41, 5.74) is 3.26. The summed E-state index contributed by atoms with van der Waals surface area (Å²) in [6.45, 7) is 6.30. The van der Waals surface area contributed by atoms with Crippen LogP contribution in [0.1, 0.15) is 32.1 Å². The number of hydrogen-bond acceptors (Lipinski definition) is 4. The molecule has 1 saturated heterocycles. The van der Waals surface area contributed by atoms with Crippen LogP contribution in [0.5, 0.6) is 5.75 Å². The zero-order valence-corrected chi connectivity index (χ0v) is 27.9. The molecule has 4 aromatic rings. The van der Waals surface area contributed by atoms with Crippen LogP contribution in [0.4, 0.5) is 0 Å². The molecule has 218 valence electrons. The van der Waals surface area contributed by atoms with Gasteiger partial charge >= 0.3 is 19.5 Å². The van der Waals surface area contributed by atoms with E-state index < -0.39 is 0 Å². The van der Waals surface area contributed by atoms with Crippen LogP contribution in [0.15, 0.2) is 52.9 Å². The first kappa shape index (κ1) is 35.2. The summed E-state index contributed by atoms with van der Waals surface area (Å²) in [6.07, 6.45) is 4.38. The van der Waals surface area contributed by atoms with E-state index in [2.05, 4.69) is 16.0 Å². The van der Waals surface area contributed by atoms with E-state index >= 15 is 0 Å². The van der Waals surface area contributed by atoms with Crippen molar-refractivity contribution in [3.63, 3.8) is 0 Å². The van der Waals surface area contributed by atoms with Crippen molar-refractivity contribution in [1.82, 2.24) is 9.88 Å². The molecule has 1 aliphatic heterocycles. The minimum atomic E-state index is 0. The average Bonchev–Trinajstić information content (AvgIpc) is 3.30. The number of benzene rings is 2. The second-order valence-electron chi connectivity index (χ2n) is 9.64. The molecule has 0 spiro atoms. The van der Waals surface area contributed by atoms with Crippen molar-refractivity contribution in [2.45, 2.75) is 32.1 Å². The van der Waals surface area contributed by atoms with Crippen molar-refractivity contribution in [2.24, 2.45) is 0 Å². The van der Waals surface area contributed by atoms with Gasteiger partial charge in [-0.2, -0.15) is 26.2 Å². The molecule has 1 fully saturated rings. The molecule has 0 N–H and O–H groups in total. The fraction of sp³-hybridized carbons (Fsp3) is 0.467. The van der Waals surface area contributed by atoms with Crippen molar-refractivity contribution >= 4 is 38.9 Å². The number of pyridine rings is 1. The number of hydrogen-bond donors (Lipinski definition) is 0. The topological polar surface area (TPSA) is 97.9 Å². The van der Waals surface area contributed by atoms with E-state index in [1.54, 1.807) is 0 Å². The quantitative estimate of drug-likeness (QED) is 0.204. The SMILES string of the molecule is O=C(CCCCCCOc1c2ccccc2nc2c1oc1ccccc12)N1CC[N-]CC[N-]CC[N-]CC1.[Cl-].[Cl-].[Zn+2]. The molecule has 0 radical (unpaired) electrons. The predicted molar refractivity (Wildman–Crippen MR) is 153 cm³/mol. The Kier molecular flexibility index (Phi) is 15.9. The van der Waals surface area contributed by atoms with Crippen LogP contribution in [0, 0.1) is 0 Å². The number of carbonyl (C=O) groups excluding carboxylic acids is 1. The number of furan rings is 1. The number of aromatic nitrogens is 1. The van der Waals surface area contributed by atoms with E-state index in [1.807, 2.05) is 53.4 Å². The van der Waals surface area contributed by atoms with Crippen molar-refractivity contribution in [2.75, 3.05) is 59.0 Å². The fourth-order valence-electron chi connectivity index (χ4n) is 4.87. The molecule has 2 aromatic carbocycles. The molecule has 0 unspecified atom stereocenters. The van der Waals surface area contributed by atoms with Crippen molar-refractivity contribution in [3.8, 4) is 5.75 Å². The smallest absolute Gasteiger partial charge is 1.00 e. The number of nitrogens with zero attached hydrogens (tertiary/aromatic N) is 5. The average molecular weight is 651 g/mol. The second kappa shape index (κ2) is 18.5. The molecule has 3 heterocycles. The van der Waals surface area contributed by atoms with Gasteiger partial charge in [-0.3, -0.25) is 4.79 Å². The van der Waals surface area contributed by atoms with E-state index in [9.17, 15) is 4.79 Å². The van der Waals surface area contributed by atoms with Gasteiger partial charge in [0.05, 0.1) is 12.1 Å². The minimum absolute atomic E-state index is 0. The maximum atomic E-state index is 12.8. The van der Waals surface area contributed by atoms with Gasteiger partial charge in [-0.1, -0.05) is 37.1 Å². The van der Waals surface area contributed by atoms with Gasteiger partial charge in [-0.05, 0) is 37.1 Å². The molecule has 11 heteroatoms. The van der Waals surface area contributed by atoms with Gasteiger partial charge in [0.15, 0.2) is 11.3 Å². The van der Waals surface area contributed by atoms with Crippen LogP contribution in [-0.4, -0.2) is 74.8 Å². The maximum Gasteiger partial charge on any atom is 2.00 e. The molecule has 0 aliphatic carbocycles. The Bertz CT molecular complexity index is 1340. The monoisotopic (exact) mass is 648 g/mol. The number of ether oxygens (including phenoxy) is 1. The van der Waals surface area contributed by atoms with Gasteiger partial charge < -0.3 is 54.8 Å². The first-order chi connectivity index (χ1) is 18.8. The Balaban J connectivity index is 0.00000196. The first-order valence-electron chi connectivity index (χ1n) is 13.8. The second-order valence-corrected chi connectivity index (χ2v) is 9.64. The van der Waals surface area contributed by atoms with Gasteiger partial charge in [0.25, 0.3) is 0 Å². The first-order valence-corrected chi connectivity index (χ1v) is 13.8. The number of para-hydroxylation sites is 2. The van der Waals surface area contributed by atoms with Gasteiger partial charge in [0.1, 0.15) is 11.1 Å². The van der Waals surface area contributed by atoms with Crippen LogP contribution < -0.4 is 29.6 Å². The Hall–Kier alpha value is -2.00. The molecule has 2 aromatic heterocycles. The van der Waals surface area contributed by atoms with E-state index in [1.165, 1.54) is 0 Å². The summed E-state index contributed by atoms with van der Waals surface area (Å²) in [5, 5.41) is 15.4. The van der Waals surface area contributed by atoms with Crippen molar-refractivity contribution in [1.29, 1.82) is 0 Å². The third-order valence-corrected chi connectivity index (χ3v) is 6.93. The standard InChI is InChI=1S/C30H36N5O3.2ClH.Zn/c36-27(35-20-18-32-16-14-31-15-17-33-19-21-35)13-3-1-2-8-22-37-29-23-9-4-6-11-25(23)34-28-24-10-5-7-12-26(24)38-30(28)29;;;/h4-7,9-12H,1-3,8,13-22H2;2*1H;/q-3;;;+2/p-2. The molecule has 1 aliphatic rings. The van der Waals surface area contributed by atoms with E-state index in [0.717, 1.165) is 85.0 Å². The Morgan fingerprint density at radius 3 is 2.15 bits per heavy atom. The summed E-state index contributed by atoms with van der Waals surface area (Å²) in [6, 6.07) is 16.0. The number of amides is 1. The molecule has 0 bridgehead atoms. The number of carbonyl (C=O) groups is 1. The third-order valence-electron chi connectivity index (χ3n) is 6.93. The zero-order valence-electron chi connectivity index (χ0n) is 23.4. The van der Waals surface area contributed by atoms with Crippen LogP contribution in [-0.2, 0) is 24.3 Å². The number of unbranched alkanes of at least 4 members (excludes halogenated alkanes) is 3. The third kappa shape index (κ3) is 9.50. The van der Waals surface area contributed by atoms with Crippen LogP contribution in [0.3, 0.4) is 0 Å². The molecule has 1 amide bonds. The molecule has 41 heavy (non-hydrogen) atoms. The Labute approximate surface area is 267 Å². The van der Waals surface area contributed by atoms with Gasteiger partial charge in [0, 0.05) is 30.3 Å². The van der Waals surface area contributed by atoms with Crippen LogP contribution in [0.2, 0.25) is 0 Å². The van der Waals surface area contributed by atoms with E-state index in [-0.39, 0.29) is 50.2 Å². The number of halogens is 2. The van der Waals surface area contributed by atoms with Crippen molar-refractivity contribution in [3.05, 3.63) is 64.5 Å². The van der Waals surface area contributed by atoms with Crippen LogP contribution in [0.25, 0.3) is 48.9 Å². The van der Waals surface area contributed by atoms with Crippen molar-refractivity contribution < 1.29 is 58.2 Å². The summed E-state index contributed by atoms with van der Waals surface area (Å²) in [5.74, 6) is 0.973. The molecular weight excluding hydrogens is 615 g/mol. The Morgan fingerprint density at radius 1 is 0.805 bits per heavy atom. The normalized spacial score (nSPS) is 14.8. The van der Waals surface area contributed by atoms with E-state index in [0.29, 0.717) is 44.8 Å². The summed E-state index contributed by atoms with van der Waals surface area (Å²) < 4.78 is 12.5. The molecule has 0 atom stereocenters. The molecule has 0 saturated carbocycles. The Morgan fingerprint density at radius 2 is 1.41 bits per heavy atom. The fourth-order valence-corrected chi connectivity index (χ4v) is 4.87. The van der Waals surface area contributed by atoms with Gasteiger partial charge in [-0.15, -0.1) is 13.1 Å². The molecule has 5 rings (SSSR count). The van der Waals surface area contributed by atoms with E-state index in [4.69, 9.17) is 14.1 Å². The number of rotatable bonds is 8. The minimum Gasteiger partial charge on any atom is -1.00 e.